The van der Waals surface area contributed by atoms with Gasteiger partial charge in [-0.25, -0.2) is 15.0 Å². The van der Waals surface area contributed by atoms with Gasteiger partial charge >= 0.3 is 0 Å². The third-order valence-corrected chi connectivity index (χ3v) is 6.10. The van der Waals surface area contributed by atoms with Crippen LogP contribution in [0, 0.1) is 0 Å². The monoisotopic (exact) mass is 528 g/mol. The second-order valence-corrected chi connectivity index (χ2v) is 8.67. The molecule has 5 rings (SSSR count). The van der Waals surface area contributed by atoms with E-state index in [2.05, 4.69) is 25.3 Å². The predicted molar refractivity (Wildman–Crippen MR) is 134 cm³/mol. The van der Waals surface area contributed by atoms with Gasteiger partial charge in [-0.15, -0.1) is 0 Å². The zero-order valence-corrected chi connectivity index (χ0v) is 20.1. The quantitative estimate of drug-likeness (QED) is 0.277. The smallest absolute Gasteiger partial charge is 0.251 e. The number of aromatic nitrogens is 5. The van der Waals surface area contributed by atoms with Crippen LogP contribution in [0.2, 0.25) is 5.02 Å². The number of nitrogens with one attached hydrogen (secondary N) is 2. The standard InChI is InChI=1S/C24H24ClN7O5/c1-26-23(35)19-17(33)18(34)24(37-19)32-11-29-16-21(28-8-12-3-5-15(36-2)6-4-12)30-20(31-22(16)32)13-7-14(25)10-27-9-13/h3-7,9-11,17-19,24,33-34H,8H2,1-2H3,(H,26,35)(H,28,30,31)/t17-,18+,19-,24+/m0/s1/i1D3. The third-order valence-electron chi connectivity index (χ3n) is 5.90. The summed E-state index contributed by atoms with van der Waals surface area (Å²) in [6.45, 7) is -2.43. The summed E-state index contributed by atoms with van der Waals surface area (Å²) >= 11 is 6.14. The summed E-state index contributed by atoms with van der Waals surface area (Å²) in [6.07, 6.45) is -1.97. The maximum absolute atomic E-state index is 12.4. The lowest BCUT2D eigenvalue weighted by Gasteiger charge is -2.17. The molecule has 4 aromatic rings. The van der Waals surface area contributed by atoms with Crippen LogP contribution in [0.3, 0.4) is 0 Å². The number of carbonyl (C=O) groups is 1. The summed E-state index contributed by atoms with van der Waals surface area (Å²) in [5.74, 6) is 0.192. The van der Waals surface area contributed by atoms with Crippen LogP contribution in [-0.2, 0) is 16.1 Å². The number of pyridine rings is 1. The third kappa shape index (κ3) is 4.79. The highest BCUT2D eigenvalue weighted by atomic mass is 35.5. The Kier molecular flexibility index (Phi) is 5.90. The molecule has 0 saturated carbocycles. The number of nitrogens with zero attached hydrogens (tertiary/aromatic N) is 5. The van der Waals surface area contributed by atoms with Gasteiger partial charge in [0.2, 0.25) is 0 Å². The second-order valence-electron chi connectivity index (χ2n) is 8.23. The van der Waals surface area contributed by atoms with Crippen molar-refractivity contribution in [3.63, 3.8) is 0 Å². The number of carbonyl (C=O) groups excluding carboxylic acids is 1. The normalized spacial score (nSPS) is 22.8. The molecule has 1 saturated heterocycles. The maximum Gasteiger partial charge on any atom is 0.251 e. The number of ether oxygens (including phenoxy) is 2. The molecule has 1 aliphatic heterocycles. The van der Waals surface area contributed by atoms with Gasteiger partial charge in [0.15, 0.2) is 35.1 Å². The Balaban J connectivity index is 1.52. The maximum atomic E-state index is 12.4. The number of hydrogen-bond donors (Lipinski definition) is 4. The molecule has 0 unspecified atom stereocenters. The van der Waals surface area contributed by atoms with E-state index in [4.69, 9.17) is 25.2 Å². The summed E-state index contributed by atoms with van der Waals surface area (Å²) in [7, 11) is 1.58. The van der Waals surface area contributed by atoms with Crippen molar-refractivity contribution < 1.29 is 28.6 Å². The first kappa shape index (κ1) is 21.3. The van der Waals surface area contributed by atoms with E-state index < -0.39 is 37.4 Å². The Morgan fingerprint density at radius 1 is 1.24 bits per heavy atom. The van der Waals surface area contributed by atoms with Gasteiger partial charge in [-0.3, -0.25) is 14.3 Å². The molecule has 4 atom stereocenters. The van der Waals surface area contributed by atoms with E-state index in [1.807, 2.05) is 24.3 Å². The van der Waals surface area contributed by atoms with Crippen molar-refractivity contribution >= 4 is 34.5 Å². The van der Waals surface area contributed by atoms with E-state index in [-0.39, 0.29) is 11.5 Å². The number of likely N-dealkylation sites (N-methyl/N-ethyl adjacent to an activating group) is 1. The van der Waals surface area contributed by atoms with Crippen molar-refractivity contribution in [3.8, 4) is 17.1 Å². The molecule has 0 bridgehead atoms. The molecular formula is C24H24ClN7O5. The lowest BCUT2D eigenvalue weighted by Crippen LogP contribution is -2.41. The molecule has 4 heterocycles. The number of methoxy groups -OCH3 is 1. The minimum Gasteiger partial charge on any atom is -0.497 e. The topological polar surface area (TPSA) is 157 Å². The molecule has 0 spiro atoms. The highest BCUT2D eigenvalue weighted by molar-refractivity contribution is 6.30. The summed E-state index contributed by atoms with van der Waals surface area (Å²) < 4.78 is 33.9. The first-order valence-corrected chi connectivity index (χ1v) is 11.5. The average molecular weight is 529 g/mol. The van der Waals surface area contributed by atoms with Gasteiger partial charge in [0.05, 0.1) is 18.5 Å². The van der Waals surface area contributed by atoms with Crippen LogP contribution in [0.1, 0.15) is 15.9 Å². The van der Waals surface area contributed by atoms with E-state index in [1.165, 1.54) is 23.3 Å². The average Bonchev–Trinajstić information content (AvgIpc) is 3.47. The number of aliphatic hydroxyl groups is 2. The van der Waals surface area contributed by atoms with Gasteiger partial charge in [-0.2, -0.15) is 0 Å². The molecule has 3 aromatic heterocycles. The van der Waals surface area contributed by atoms with E-state index >= 15 is 0 Å². The highest BCUT2D eigenvalue weighted by Gasteiger charge is 2.47. The molecule has 1 fully saturated rings. The summed E-state index contributed by atoms with van der Waals surface area (Å²) in [5, 5.41) is 26.6. The van der Waals surface area contributed by atoms with Gasteiger partial charge in [-0.05, 0) is 23.8 Å². The van der Waals surface area contributed by atoms with Crippen LogP contribution in [0.15, 0.2) is 49.1 Å². The van der Waals surface area contributed by atoms with E-state index in [0.717, 1.165) is 5.56 Å². The highest BCUT2D eigenvalue weighted by Crippen LogP contribution is 2.34. The Labute approximate surface area is 220 Å². The van der Waals surface area contributed by atoms with Gasteiger partial charge in [0, 0.05) is 35.6 Å². The van der Waals surface area contributed by atoms with E-state index in [1.54, 1.807) is 18.5 Å². The summed E-state index contributed by atoms with van der Waals surface area (Å²) in [6, 6.07) is 9.06. The molecule has 4 N–H and O–H groups in total. The number of aliphatic hydroxyl groups excluding tert-OH is 2. The summed E-state index contributed by atoms with van der Waals surface area (Å²) in [4.78, 5) is 30.1. The fraction of sp³-hybridized carbons (Fsp3) is 0.292. The van der Waals surface area contributed by atoms with Crippen molar-refractivity contribution in [2.45, 2.75) is 31.1 Å². The van der Waals surface area contributed by atoms with E-state index in [0.29, 0.717) is 34.2 Å². The number of halogens is 1. The molecule has 37 heavy (non-hydrogen) atoms. The Morgan fingerprint density at radius 2 is 2.05 bits per heavy atom. The number of imidazole rings is 1. The van der Waals surface area contributed by atoms with Crippen LogP contribution < -0.4 is 15.4 Å². The number of benzene rings is 1. The Hall–Kier alpha value is -3.84. The van der Waals surface area contributed by atoms with Crippen molar-refractivity contribution in [3.05, 3.63) is 59.6 Å². The first-order chi connectivity index (χ1) is 19.0. The zero-order valence-electron chi connectivity index (χ0n) is 22.4. The molecule has 0 aliphatic carbocycles. The molecule has 12 nitrogen and oxygen atoms in total. The molecule has 1 aromatic carbocycles. The van der Waals surface area contributed by atoms with Crippen molar-refractivity contribution in [2.75, 3.05) is 19.4 Å². The van der Waals surface area contributed by atoms with Gasteiger partial charge < -0.3 is 30.3 Å². The van der Waals surface area contributed by atoms with Crippen LogP contribution in [-0.4, -0.2) is 73.0 Å². The molecule has 0 radical (unpaired) electrons. The van der Waals surface area contributed by atoms with Gasteiger partial charge in [-0.1, -0.05) is 23.7 Å². The Bertz CT molecular complexity index is 1540. The summed E-state index contributed by atoms with van der Waals surface area (Å²) in [5.41, 5.74) is 1.94. The fourth-order valence-corrected chi connectivity index (χ4v) is 4.17. The number of fused-ring (bicyclic) bond motifs is 1. The molecule has 1 aliphatic rings. The Morgan fingerprint density at radius 3 is 2.78 bits per heavy atom. The number of rotatable bonds is 7. The fourth-order valence-electron chi connectivity index (χ4n) is 4.00. The van der Waals surface area contributed by atoms with Crippen molar-refractivity contribution in [1.29, 1.82) is 0 Å². The largest absolute Gasteiger partial charge is 0.497 e. The van der Waals surface area contributed by atoms with Crippen LogP contribution in [0.4, 0.5) is 5.82 Å². The lowest BCUT2D eigenvalue weighted by molar-refractivity contribution is -0.137. The van der Waals surface area contributed by atoms with Crippen molar-refractivity contribution in [2.24, 2.45) is 0 Å². The van der Waals surface area contributed by atoms with E-state index in [9.17, 15) is 15.0 Å². The van der Waals surface area contributed by atoms with Crippen LogP contribution in [0.25, 0.3) is 22.6 Å². The van der Waals surface area contributed by atoms with Crippen molar-refractivity contribution in [1.82, 2.24) is 29.8 Å². The molecule has 13 heteroatoms. The SMILES string of the molecule is [2H]C([2H])([2H])NC(=O)[C@H]1O[C@@H](n2cnc3c(NCc4ccc(OC)cc4)nc(-c4cncc(Cl)c4)nc32)[C@H](O)[C@@H]1O. The van der Waals surface area contributed by atoms with Crippen LogP contribution in [0.5, 0.6) is 5.75 Å². The minimum atomic E-state index is -2.80. The minimum absolute atomic E-state index is 0.204. The number of amides is 1. The molecule has 1 amide bonds. The zero-order chi connectivity index (χ0) is 28.6. The van der Waals surface area contributed by atoms with Crippen LogP contribution >= 0.6 is 11.6 Å². The lowest BCUT2D eigenvalue weighted by atomic mass is 10.1. The predicted octanol–water partition coefficient (Wildman–Crippen LogP) is 1.53. The van der Waals surface area contributed by atoms with Gasteiger partial charge in [0.1, 0.15) is 18.0 Å². The molecular weight excluding hydrogens is 502 g/mol. The molecule has 192 valence electrons. The van der Waals surface area contributed by atoms with Gasteiger partial charge in [0.25, 0.3) is 5.91 Å². The second kappa shape index (κ2) is 10.3. The number of anilines is 1. The number of hydrogen-bond acceptors (Lipinski definition) is 10. The first-order valence-electron chi connectivity index (χ1n) is 12.6.